The Kier molecular flexibility index (Phi) is 5.59. The molecule has 0 aliphatic carbocycles. The molecule has 0 unspecified atom stereocenters. The van der Waals surface area contributed by atoms with Crippen molar-refractivity contribution in [3.05, 3.63) is 34.9 Å². The van der Waals surface area contributed by atoms with Crippen LogP contribution in [0.25, 0.3) is 0 Å². The van der Waals surface area contributed by atoms with Crippen molar-refractivity contribution >= 4 is 21.8 Å². The number of rotatable bonds is 4. The van der Waals surface area contributed by atoms with Gasteiger partial charge in [-0.3, -0.25) is 4.90 Å². The van der Waals surface area contributed by atoms with Crippen LogP contribution in [-0.2, 0) is 16.8 Å². The summed E-state index contributed by atoms with van der Waals surface area (Å²) in [5.74, 6) is 0. The van der Waals surface area contributed by atoms with E-state index in [2.05, 4.69) is 4.90 Å². The largest absolute Gasteiger partial charge is 0.298 e. The molecule has 0 atom stereocenters. The van der Waals surface area contributed by atoms with Crippen molar-refractivity contribution in [3.63, 3.8) is 0 Å². The highest BCUT2D eigenvalue weighted by atomic mass is 35.5. The first kappa shape index (κ1) is 17.2. The lowest BCUT2D eigenvalue weighted by Crippen LogP contribution is -2.44. The molecule has 2 aliphatic heterocycles. The standard InChI is InChI=1S/C16H24ClN3O2S/c17-16-6-4-15(5-7-16)14-18-8-3-11-20(13-12-18)23(21,22)19-9-1-2-10-19/h4-7H,1-3,8-14H2. The fourth-order valence-electron chi connectivity index (χ4n) is 3.27. The van der Waals surface area contributed by atoms with Gasteiger partial charge >= 0.3 is 0 Å². The van der Waals surface area contributed by atoms with Crippen LogP contribution in [0.3, 0.4) is 0 Å². The van der Waals surface area contributed by atoms with Gasteiger partial charge in [0.25, 0.3) is 10.2 Å². The third kappa shape index (κ3) is 4.25. The van der Waals surface area contributed by atoms with Gasteiger partial charge in [0.05, 0.1) is 0 Å². The molecule has 0 radical (unpaired) electrons. The summed E-state index contributed by atoms with van der Waals surface area (Å²) in [5, 5.41) is 0.743. The summed E-state index contributed by atoms with van der Waals surface area (Å²) in [5.41, 5.74) is 1.21. The molecule has 0 saturated carbocycles. The molecule has 0 N–H and O–H groups in total. The average molecular weight is 358 g/mol. The second kappa shape index (κ2) is 7.49. The van der Waals surface area contributed by atoms with Gasteiger partial charge in [0.2, 0.25) is 0 Å². The molecule has 0 amide bonds. The molecule has 3 rings (SSSR count). The second-order valence-electron chi connectivity index (χ2n) is 6.27. The predicted octanol–water partition coefficient (Wildman–Crippen LogP) is 2.19. The van der Waals surface area contributed by atoms with Crippen LogP contribution in [-0.4, -0.2) is 61.2 Å². The molecule has 2 saturated heterocycles. The normalized spacial score (nSPS) is 22.3. The maximum Gasteiger partial charge on any atom is 0.282 e. The quantitative estimate of drug-likeness (QED) is 0.829. The number of benzene rings is 1. The van der Waals surface area contributed by atoms with Gasteiger partial charge in [-0.1, -0.05) is 23.7 Å². The SMILES string of the molecule is O=S(=O)(N1CCCC1)N1CCCN(Cc2ccc(Cl)cc2)CC1. The summed E-state index contributed by atoms with van der Waals surface area (Å²) in [7, 11) is -3.26. The van der Waals surface area contributed by atoms with E-state index in [4.69, 9.17) is 11.6 Å². The van der Waals surface area contributed by atoms with Crippen LogP contribution in [0.4, 0.5) is 0 Å². The molecule has 1 aromatic carbocycles. The molecule has 128 valence electrons. The minimum absolute atomic E-state index is 0.576. The summed E-state index contributed by atoms with van der Waals surface area (Å²) in [6, 6.07) is 7.87. The van der Waals surface area contributed by atoms with E-state index in [-0.39, 0.29) is 0 Å². The summed E-state index contributed by atoms with van der Waals surface area (Å²) in [6.45, 7) is 5.09. The van der Waals surface area contributed by atoms with Crippen molar-refractivity contribution in [2.45, 2.75) is 25.8 Å². The fourth-order valence-corrected chi connectivity index (χ4v) is 5.11. The Morgan fingerprint density at radius 3 is 2.13 bits per heavy atom. The monoisotopic (exact) mass is 357 g/mol. The summed E-state index contributed by atoms with van der Waals surface area (Å²) >= 11 is 5.92. The molecule has 2 aliphatic rings. The van der Waals surface area contributed by atoms with Gasteiger partial charge in [-0.05, 0) is 43.5 Å². The van der Waals surface area contributed by atoms with E-state index in [9.17, 15) is 8.42 Å². The van der Waals surface area contributed by atoms with E-state index >= 15 is 0 Å². The molecule has 0 aromatic heterocycles. The smallest absolute Gasteiger partial charge is 0.282 e. The number of nitrogens with zero attached hydrogens (tertiary/aromatic N) is 3. The Morgan fingerprint density at radius 1 is 0.826 bits per heavy atom. The molecular formula is C16H24ClN3O2S. The van der Waals surface area contributed by atoms with E-state index in [1.165, 1.54) is 5.56 Å². The van der Waals surface area contributed by atoms with Crippen LogP contribution in [0.15, 0.2) is 24.3 Å². The van der Waals surface area contributed by atoms with E-state index in [0.29, 0.717) is 26.2 Å². The summed E-state index contributed by atoms with van der Waals surface area (Å²) in [6.07, 6.45) is 2.84. The predicted molar refractivity (Wildman–Crippen MR) is 92.6 cm³/mol. The van der Waals surface area contributed by atoms with Crippen LogP contribution < -0.4 is 0 Å². The Labute approximate surface area is 144 Å². The topological polar surface area (TPSA) is 43.9 Å². The molecule has 2 fully saturated rings. The number of hydrogen-bond donors (Lipinski definition) is 0. The highest BCUT2D eigenvalue weighted by Crippen LogP contribution is 2.19. The highest BCUT2D eigenvalue weighted by molar-refractivity contribution is 7.86. The van der Waals surface area contributed by atoms with E-state index in [1.807, 2.05) is 24.3 Å². The van der Waals surface area contributed by atoms with E-state index < -0.39 is 10.2 Å². The Hall–Kier alpha value is -0.660. The Bertz CT molecular complexity index is 615. The van der Waals surface area contributed by atoms with Crippen molar-refractivity contribution < 1.29 is 8.42 Å². The summed E-state index contributed by atoms with van der Waals surface area (Å²) in [4.78, 5) is 2.32. The fraction of sp³-hybridized carbons (Fsp3) is 0.625. The van der Waals surface area contributed by atoms with Crippen molar-refractivity contribution in [2.75, 3.05) is 39.3 Å². The van der Waals surface area contributed by atoms with Gasteiger partial charge in [-0.25, -0.2) is 0 Å². The molecular weight excluding hydrogens is 334 g/mol. The van der Waals surface area contributed by atoms with E-state index in [1.54, 1.807) is 8.61 Å². The zero-order valence-electron chi connectivity index (χ0n) is 13.3. The molecule has 1 aromatic rings. The zero-order chi connectivity index (χ0) is 16.3. The van der Waals surface area contributed by atoms with Crippen molar-refractivity contribution in [2.24, 2.45) is 0 Å². The molecule has 23 heavy (non-hydrogen) atoms. The van der Waals surface area contributed by atoms with E-state index in [0.717, 1.165) is 43.9 Å². The molecule has 0 bridgehead atoms. The molecule has 5 nitrogen and oxygen atoms in total. The zero-order valence-corrected chi connectivity index (χ0v) is 14.9. The third-order valence-electron chi connectivity index (χ3n) is 4.58. The molecule has 0 spiro atoms. The van der Waals surface area contributed by atoms with Crippen molar-refractivity contribution in [1.82, 2.24) is 13.5 Å². The van der Waals surface area contributed by atoms with Crippen LogP contribution in [0.5, 0.6) is 0 Å². The summed E-state index contributed by atoms with van der Waals surface area (Å²) < 4.78 is 28.6. The van der Waals surface area contributed by atoms with Crippen LogP contribution in [0, 0.1) is 0 Å². The van der Waals surface area contributed by atoms with Gasteiger partial charge in [0.15, 0.2) is 0 Å². The minimum atomic E-state index is -3.26. The van der Waals surface area contributed by atoms with Gasteiger partial charge in [0, 0.05) is 44.3 Å². The Morgan fingerprint density at radius 2 is 1.43 bits per heavy atom. The van der Waals surface area contributed by atoms with Gasteiger partial charge in [-0.15, -0.1) is 0 Å². The minimum Gasteiger partial charge on any atom is -0.298 e. The first-order valence-corrected chi connectivity index (χ1v) is 10.1. The van der Waals surface area contributed by atoms with Crippen LogP contribution in [0.2, 0.25) is 5.02 Å². The number of hydrogen-bond acceptors (Lipinski definition) is 3. The average Bonchev–Trinajstić information content (AvgIpc) is 2.98. The molecule has 7 heteroatoms. The first-order chi connectivity index (χ1) is 11.1. The van der Waals surface area contributed by atoms with Crippen LogP contribution >= 0.6 is 11.6 Å². The number of halogens is 1. The molecule has 2 heterocycles. The maximum atomic E-state index is 12.7. The van der Waals surface area contributed by atoms with Gasteiger partial charge in [-0.2, -0.15) is 17.0 Å². The third-order valence-corrected chi connectivity index (χ3v) is 6.87. The lowest BCUT2D eigenvalue weighted by atomic mass is 10.2. The van der Waals surface area contributed by atoms with Gasteiger partial charge in [0.1, 0.15) is 0 Å². The van der Waals surface area contributed by atoms with Crippen molar-refractivity contribution in [1.29, 1.82) is 0 Å². The lowest BCUT2D eigenvalue weighted by Gasteiger charge is -2.26. The van der Waals surface area contributed by atoms with Crippen molar-refractivity contribution in [3.8, 4) is 0 Å². The maximum absolute atomic E-state index is 12.7. The lowest BCUT2D eigenvalue weighted by molar-refractivity contribution is 0.276. The first-order valence-electron chi connectivity index (χ1n) is 8.28. The van der Waals surface area contributed by atoms with Crippen LogP contribution in [0.1, 0.15) is 24.8 Å². The van der Waals surface area contributed by atoms with Gasteiger partial charge < -0.3 is 0 Å². The second-order valence-corrected chi connectivity index (χ2v) is 8.63. The Balaban J connectivity index is 1.59. The highest BCUT2D eigenvalue weighted by Gasteiger charge is 2.32.